The largest absolute Gasteiger partial charge is 0.508 e. The van der Waals surface area contributed by atoms with E-state index in [1.807, 2.05) is 38.1 Å². The van der Waals surface area contributed by atoms with Crippen LogP contribution in [-0.4, -0.2) is 10.7 Å². The first-order valence-electron chi connectivity index (χ1n) is 6.36. The molecule has 0 saturated carbocycles. The smallest absolute Gasteiger partial charge is 0.131 e. The number of ether oxygens (including phenoxy) is 1. The van der Waals surface area contributed by atoms with Gasteiger partial charge in [0.25, 0.3) is 0 Å². The van der Waals surface area contributed by atoms with E-state index in [0.29, 0.717) is 0 Å². The van der Waals surface area contributed by atoms with Gasteiger partial charge in [-0.25, -0.2) is 0 Å². The highest BCUT2D eigenvalue weighted by atomic mass is 16.5. The standard InChI is InChI=1S/C17H16O2/c1-17(2)15(12-6-4-3-5-7-12)10-13-8-9-14(18)11-16(13)19-17/h3-11,18H,1-2H3. The Hall–Kier alpha value is -2.22. The molecular weight excluding hydrogens is 236 g/mol. The number of rotatable bonds is 1. The van der Waals surface area contributed by atoms with E-state index in [1.54, 1.807) is 12.1 Å². The molecule has 0 bridgehead atoms. The quantitative estimate of drug-likeness (QED) is 0.827. The summed E-state index contributed by atoms with van der Waals surface area (Å²) in [5.74, 6) is 0.954. The second-order valence-electron chi connectivity index (χ2n) is 5.26. The van der Waals surface area contributed by atoms with Crippen LogP contribution in [0.1, 0.15) is 25.0 Å². The van der Waals surface area contributed by atoms with Gasteiger partial charge in [-0.3, -0.25) is 0 Å². The number of hydrogen-bond acceptors (Lipinski definition) is 2. The average Bonchev–Trinajstić information content (AvgIpc) is 2.38. The van der Waals surface area contributed by atoms with Gasteiger partial charge in [0.2, 0.25) is 0 Å². The molecule has 3 rings (SSSR count). The van der Waals surface area contributed by atoms with Gasteiger partial charge in [-0.1, -0.05) is 30.3 Å². The molecule has 0 aliphatic carbocycles. The summed E-state index contributed by atoms with van der Waals surface area (Å²) in [6, 6.07) is 15.5. The molecule has 0 spiro atoms. The molecule has 1 N–H and O–H groups in total. The summed E-state index contributed by atoms with van der Waals surface area (Å²) in [6.07, 6.45) is 2.13. The molecule has 1 heterocycles. The molecule has 1 aliphatic rings. The number of benzene rings is 2. The lowest BCUT2D eigenvalue weighted by atomic mass is 9.87. The second kappa shape index (κ2) is 4.16. The Labute approximate surface area is 113 Å². The summed E-state index contributed by atoms with van der Waals surface area (Å²) < 4.78 is 6.04. The van der Waals surface area contributed by atoms with Crippen LogP contribution in [0.25, 0.3) is 11.6 Å². The van der Waals surface area contributed by atoms with Crippen LogP contribution in [-0.2, 0) is 0 Å². The van der Waals surface area contributed by atoms with Crippen molar-refractivity contribution in [1.82, 2.24) is 0 Å². The van der Waals surface area contributed by atoms with Crippen molar-refractivity contribution in [3.05, 3.63) is 59.7 Å². The molecule has 0 unspecified atom stereocenters. The first-order chi connectivity index (χ1) is 9.06. The van der Waals surface area contributed by atoms with Gasteiger partial charge < -0.3 is 9.84 Å². The second-order valence-corrected chi connectivity index (χ2v) is 5.26. The number of hydrogen-bond donors (Lipinski definition) is 1. The van der Waals surface area contributed by atoms with Crippen molar-refractivity contribution in [2.45, 2.75) is 19.4 Å². The highest BCUT2D eigenvalue weighted by Gasteiger charge is 2.31. The van der Waals surface area contributed by atoms with Crippen molar-refractivity contribution < 1.29 is 9.84 Å². The van der Waals surface area contributed by atoms with E-state index in [0.717, 1.165) is 22.4 Å². The minimum atomic E-state index is -0.415. The van der Waals surface area contributed by atoms with Crippen molar-refractivity contribution in [2.75, 3.05) is 0 Å². The van der Waals surface area contributed by atoms with Crippen LogP contribution < -0.4 is 4.74 Å². The maximum absolute atomic E-state index is 9.54. The fourth-order valence-electron chi connectivity index (χ4n) is 2.44. The van der Waals surface area contributed by atoms with Crippen molar-refractivity contribution in [3.63, 3.8) is 0 Å². The predicted octanol–water partition coefficient (Wildman–Crippen LogP) is 4.10. The van der Waals surface area contributed by atoms with Crippen molar-refractivity contribution in [3.8, 4) is 11.5 Å². The average molecular weight is 252 g/mol. The molecular formula is C17H16O2. The molecule has 0 atom stereocenters. The van der Waals surface area contributed by atoms with Crippen LogP contribution in [0.2, 0.25) is 0 Å². The Balaban J connectivity index is 2.16. The zero-order valence-electron chi connectivity index (χ0n) is 11.1. The van der Waals surface area contributed by atoms with Crippen LogP contribution in [0.4, 0.5) is 0 Å². The monoisotopic (exact) mass is 252 g/mol. The molecule has 96 valence electrons. The summed E-state index contributed by atoms with van der Waals surface area (Å²) in [5.41, 5.74) is 2.88. The van der Waals surface area contributed by atoms with E-state index >= 15 is 0 Å². The van der Waals surface area contributed by atoms with Gasteiger partial charge in [0.05, 0.1) is 0 Å². The van der Waals surface area contributed by atoms with Crippen LogP contribution in [0.15, 0.2) is 48.5 Å². The fraction of sp³-hybridized carbons (Fsp3) is 0.176. The molecule has 2 aromatic carbocycles. The van der Waals surface area contributed by atoms with E-state index in [-0.39, 0.29) is 5.75 Å². The first kappa shape index (κ1) is 11.8. The summed E-state index contributed by atoms with van der Waals surface area (Å²) in [7, 11) is 0. The molecule has 1 aliphatic heterocycles. The van der Waals surface area contributed by atoms with Gasteiger partial charge in [-0.15, -0.1) is 0 Å². The van der Waals surface area contributed by atoms with E-state index in [4.69, 9.17) is 4.74 Å². The maximum atomic E-state index is 9.54. The van der Waals surface area contributed by atoms with Gasteiger partial charge in [-0.2, -0.15) is 0 Å². The van der Waals surface area contributed by atoms with Crippen LogP contribution in [0.3, 0.4) is 0 Å². The molecule has 2 heteroatoms. The van der Waals surface area contributed by atoms with Gasteiger partial charge in [0.1, 0.15) is 17.1 Å². The summed E-state index contributed by atoms with van der Waals surface area (Å²) in [5, 5.41) is 9.54. The van der Waals surface area contributed by atoms with Gasteiger partial charge in [-0.05, 0) is 37.6 Å². The first-order valence-corrected chi connectivity index (χ1v) is 6.36. The lowest BCUT2D eigenvalue weighted by Gasteiger charge is -2.34. The number of phenolic OH excluding ortho intramolecular Hbond substituents is 1. The molecule has 0 saturated heterocycles. The summed E-state index contributed by atoms with van der Waals surface area (Å²) in [6.45, 7) is 4.08. The third-order valence-corrected chi connectivity index (χ3v) is 3.40. The van der Waals surface area contributed by atoms with E-state index in [2.05, 4.69) is 18.2 Å². The lowest BCUT2D eigenvalue weighted by molar-refractivity contribution is 0.169. The van der Waals surface area contributed by atoms with Crippen molar-refractivity contribution in [1.29, 1.82) is 0 Å². The van der Waals surface area contributed by atoms with Gasteiger partial charge >= 0.3 is 0 Å². The summed E-state index contributed by atoms with van der Waals surface area (Å²) in [4.78, 5) is 0. The predicted molar refractivity (Wildman–Crippen MR) is 77.1 cm³/mol. The molecule has 0 fully saturated rings. The van der Waals surface area contributed by atoms with Gasteiger partial charge in [0.15, 0.2) is 0 Å². The van der Waals surface area contributed by atoms with E-state index in [1.165, 1.54) is 0 Å². The number of phenols is 1. The molecule has 19 heavy (non-hydrogen) atoms. The Morgan fingerprint density at radius 1 is 1.00 bits per heavy atom. The van der Waals surface area contributed by atoms with Crippen LogP contribution in [0, 0.1) is 0 Å². The summed E-state index contributed by atoms with van der Waals surface area (Å²) >= 11 is 0. The topological polar surface area (TPSA) is 29.5 Å². The third kappa shape index (κ3) is 2.10. The van der Waals surface area contributed by atoms with E-state index in [9.17, 15) is 5.11 Å². The lowest BCUT2D eigenvalue weighted by Crippen LogP contribution is -2.32. The highest BCUT2D eigenvalue weighted by Crippen LogP contribution is 2.41. The Morgan fingerprint density at radius 3 is 2.47 bits per heavy atom. The number of aromatic hydroxyl groups is 1. The zero-order chi connectivity index (χ0) is 13.5. The zero-order valence-corrected chi connectivity index (χ0v) is 11.1. The number of fused-ring (bicyclic) bond motifs is 1. The highest BCUT2D eigenvalue weighted by molar-refractivity contribution is 5.89. The molecule has 0 aromatic heterocycles. The Bertz CT molecular complexity index is 640. The van der Waals surface area contributed by atoms with Crippen LogP contribution in [0.5, 0.6) is 11.5 Å². The fourth-order valence-corrected chi connectivity index (χ4v) is 2.44. The maximum Gasteiger partial charge on any atom is 0.131 e. The SMILES string of the molecule is CC1(C)Oc2cc(O)ccc2C=C1c1ccccc1. The van der Waals surface area contributed by atoms with Crippen molar-refractivity contribution >= 4 is 11.6 Å². The Kier molecular flexibility index (Phi) is 2.59. The molecule has 0 radical (unpaired) electrons. The van der Waals surface area contributed by atoms with Crippen LogP contribution >= 0.6 is 0 Å². The van der Waals surface area contributed by atoms with Gasteiger partial charge in [0, 0.05) is 17.2 Å². The van der Waals surface area contributed by atoms with Crippen molar-refractivity contribution in [2.24, 2.45) is 0 Å². The minimum Gasteiger partial charge on any atom is -0.508 e. The minimum absolute atomic E-state index is 0.228. The molecule has 2 aromatic rings. The normalized spacial score (nSPS) is 16.2. The Morgan fingerprint density at radius 2 is 1.74 bits per heavy atom. The van der Waals surface area contributed by atoms with E-state index < -0.39 is 5.60 Å². The molecule has 2 nitrogen and oxygen atoms in total. The third-order valence-electron chi connectivity index (χ3n) is 3.40. The molecule has 0 amide bonds.